The molecule has 11 heteroatoms. The van der Waals surface area contributed by atoms with Crippen molar-refractivity contribution in [1.82, 2.24) is 18.9 Å². The molecule has 0 aliphatic carbocycles. The summed E-state index contributed by atoms with van der Waals surface area (Å²) in [6.45, 7) is 0.0176. The fourth-order valence-corrected chi connectivity index (χ4v) is 5.70. The van der Waals surface area contributed by atoms with Crippen LogP contribution in [0.3, 0.4) is 0 Å². The largest absolute Gasteiger partial charge is 0.275 e. The second-order valence-electron chi connectivity index (χ2n) is 5.41. The summed E-state index contributed by atoms with van der Waals surface area (Å²) in [5.74, 6) is -0.206. The zero-order chi connectivity index (χ0) is 18.5. The second kappa shape index (κ2) is 6.41. The average Bonchev–Trinajstić information content (AvgIpc) is 3.08. The molecule has 1 aromatic carbocycles. The number of fused-ring (bicyclic) bond motifs is 2. The molecular weight excluding hydrogens is 419 g/mol. The van der Waals surface area contributed by atoms with E-state index in [4.69, 9.17) is 23.2 Å². The van der Waals surface area contributed by atoms with E-state index >= 15 is 0 Å². The van der Waals surface area contributed by atoms with E-state index < -0.39 is 15.9 Å². The maximum atomic E-state index is 12.5. The lowest BCUT2D eigenvalue weighted by molar-refractivity contribution is 0.0876. The van der Waals surface area contributed by atoms with Crippen LogP contribution in [-0.2, 0) is 10.0 Å². The lowest BCUT2D eigenvalue weighted by Crippen LogP contribution is -2.32. The number of benzene rings is 1. The Bertz CT molecular complexity index is 1150. The Morgan fingerprint density at radius 1 is 1.15 bits per heavy atom. The van der Waals surface area contributed by atoms with Gasteiger partial charge in [0, 0.05) is 18.5 Å². The lowest BCUT2D eigenvalue weighted by Gasteiger charge is -2.14. The first kappa shape index (κ1) is 17.6. The topological polar surface area (TPSA) is 84.6 Å². The molecule has 2 aromatic heterocycles. The Morgan fingerprint density at radius 3 is 2.69 bits per heavy atom. The van der Waals surface area contributed by atoms with Gasteiger partial charge in [-0.05, 0) is 18.2 Å². The molecule has 0 radical (unpaired) electrons. The third-order valence-corrected chi connectivity index (χ3v) is 7.08. The molecule has 3 heterocycles. The first-order valence-electron chi connectivity index (χ1n) is 7.38. The Kier molecular flexibility index (Phi) is 4.34. The molecule has 0 saturated heterocycles. The Labute approximate surface area is 163 Å². The van der Waals surface area contributed by atoms with Crippen molar-refractivity contribution in [2.75, 3.05) is 12.3 Å². The number of aromatic nitrogens is 3. The van der Waals surface area contributed by atoms with Crippen molar-refractivity contribution >= 4 is 56.5 Å². The monoisotopic (exact) mass is 428 g/mol. The van der Waals surface area contributed by atoms with Gasteiger partial charge in [-0.2, -0.15) is 0 Å². The number of carbonyl (C=O) groups is 1. The van der Waals surface area contributed by atoms with Gasteiger partial charge < -0.3 is 0 Å². The van der Waals surface area contributed by atoms with Crippen LogP contribution in [0.2, 0.25) is 10.0 Å². The summed E-state index contributed by atoms with van der Waals surface area (Å²) >= 11 is 13.3. The number of rotatable bonds is 4. The van der Waals surface area contributed by atoms with Crippen LogP contribution in [0, 0.1) is 0 Å². The van der Waals surface area contributed by atoms with Gasteiger partial charge in [0.1, 0.15) is 4.90 Å². The van der Waals surface area contributed by atoms with E-state index in [-0.39, 0.29) is 17.0 Å². The fraction of sp³-hybridized carbons (Fsp3) is 0.133. The molecule has 0 fully saturated rings. The van der Waals surface area contributed by atoms with Gasteiger partial charge in [-0.1, -0.05) is 47.1 Å². The van der Waals surface area contributed by atoms with Crippen LogP contribution in [0.1, 0.15) is 10.4 Å². The molecule has 134 valence electrons. The molecule has 1 aliphatic rings. The number of nitrogens with zero attached hydrogens (tertiary/aromatic N) is 4. The Hall–Kier alpha value is -1.81. The van der Waals surface area contributed by atoms with Crippen molar-refractivity contribution in [2.45, 2.75) is 10.1 Å². The summed E-state index contributed by atoms with van der Waals surface area (Å²) in [7, 11) is -3.81. The van der Waals surface area contributed by atoms with E-state index in [0.717, 1.165) is 4.31 Å². The average molecular weight is 429 g/mol. The maximum Gasteiger partial charge on any atom is 0.269 e. The van der Waals surface area contributed by atoms with Crippen LogP contribution in [0.15, 0.2) is 46.6 Å². The van der Waals surface area contributed by atoms with Gasteiger partial charge in [0.05, 0.1) is 15.6 Å². The molecule has 0 unspecified atom stereocenters. The summed E-state index contributed by atoms with van der Waals surface area (Å²) in [6.07, 6.45) is 1.62. The minimum atomic E-state index is -3.81. The van der Waals surface area contributed by atoms with E-state index in [1.807, 2.05) is 0 Å². The summed E-state index contributed by atoms with van der Waals surface area (Å²) in [4.78, 5) is 12.4. The number of sulfonamides is 1. The molecule has 0 N–H and O–H groups in total. The fourth-order valence-electron chi connectivity index (χ4n) is 2.67. The van der Waals surface area contributed by atoms with Crippen molar-refractivity contribution in [3.05, 3.63) is 52.1 Å². The SMILES string of the molecule is O=C1c2ccccc2S(=O)(=O)N1CCSc1nnc2c(Cl)cc(Cl)cn12. The standard InChI is InChI=1S/C15H10Cl2N4O3S2/c16-9-7-11(17)13-18-19-15(20(13)8-9)25-6-5-21-14(22)10-3-1-2-4-12(10)26(21,23)24/h1-4,7-8H,5-6H2. The van der Waals surface area contributed by atoms with Gasteiger partial charge in [0.25, 0.3) is 15.9 Å². The highest BCUT2D eigenvalue weighted by molar-refractivity contribution is 7.99. The van der Waals surface area contributed by atoms with Crippen molar-refractivity contribution in [3.8, 4) is 0 Å². The summed E-state index contributed by atoms with van der Waals surface area (Å²) in [5, 5.41) is 9.32. The molecular formula is C15H10Cl2N4O3S2. The molecule has 1 amide bonds. The van der Waals surface area contributed by atoms with Crippen molar-refractivity contribution in [2.24, 2.45) is 0 Å². The summed E-state index contributed by atoms with van der Waals surface area (Å²) in [6, 6.07) is 7.75. The smallest absolute Gasteiger partial charge is 0.269 e. The van der Waals surface area contributed by atoms with Crippen molar-refractivity contribution < 1.29 is 13.2 Å². The highest BCUT2D eigenvalue weighted by Gasteiger charge is 2.40. The lowest BCUT2D eigenvalue weighted by atomic mass is 10.2. The van der Waals surface area contributed by atoms with Crippen molar-refractivity contribution in [1.29, 1.82) is 0 Å². The van der Waals surface area contributed by atoms with E-state index in [1.165, 1.54) is 23.9 Å². The van der Waals surface area contributed by atoms with E-state index in [0.29, 0.717) is 26.6 Å². The number of halogens is 2. The first-order chi connectivity index (χ1) is 12.4. The van der Waals surface area contributed by atoms with Gasteiger partial charge in [0.15, 0.2) is 10.8 Å². The zero-order valence-electron chi connectivity index (χ0n) is 13.0. The third kappa shape index (κ3) is 2.75. The predicted octanol–water partition coefficient (Wildman–Crippen LogP) is 2.97. The number of hydrogen-bond acceptors (Lipinski definition) is 6. The Morgan fingerprint density at radius 2 is 1.92 bits per heavy atom. The van der Waals surface area contributed by atoms with Gasteiger partial charge in [0.2, 0.25) is 0 Å². The van der Waals surface area contributed by atoms with Crippen molar-refractivity contribution in [3.63, 3.8) is 0 Å². The highest BCUT2D eigenvalue weighted by Crippen LogP contribution is 2.31. The van der Waals surface area contributed by atoms with Gasteiger partial charge >= 0.3 is 0 Å². The summed E-state index contributed by atoms with van der Waals surface area (Å²) < 4.78 is 27.5. The molecule has 3 aromatic rings. The zero-order valence-corrected chi connectivity index (χ0v) is 16.1. The van der Waals surface area contributed by atoms with E-state index in [2.05, 4.69) is 10.2 Å². The number of hydrogen-bond donors (Lipinski definition) is 0. The minimum absolute atomic E-state index is 0.0176. The molecule has 0 saturated carbocycles. The third-order valence-electron chi connectivity index (χ3n) is 3.83. The maximum absolute atomic E-state index is 12.5. The van der Waals surface area contributed by atoms with E-state index in [9.17, 15) is 13.2 Å². The molecule has 4 rings (SSSR count). The molecule has 0 atom stereocenters. The van der Waals surface area contributed by atoms with Crippen LogP contribution in [-0.4, -0.2) is 45.5 Å². The molecule has 0 bridgehead atoms. The van der Waals surface area contributed by atoms with Crippen LogP contribution < -0.4 is 0 Å². The number of thioether (sulfide) groups is 1. The number of carbonyl (C=O) groups excluding carboxylic acids is 1. The highest BCUT2D eigenvalue weighted by atomic mass is 35.5. The first-order valence-corrected chi connectivity index (χ1v) is 10.6. The van der Waals surface area contributed by atoms with Crippen LogP contribution in [0.5, 0.6) is 0 Å². The normalized spacial score (nSPS) is 15.6. The quantitative estimate of drug-likeness (QED) is 0.593. The van der Waals surface area contributed by atoms with Gasteiger partial charge in [-0.15, -0.1) is 10.2 Å². The molecule has 1 aliphatic heterocycles. The van der Waals surface area contributed by atoms with Crippen LogP contribution in [0.25, 0.3) is 5.65 Å². The number of pyridine rings is 1. The minimum Gasteiger partial charge on any atom is -0.275 e. The van der Waals surface area contributed by atoms with Crippen LogP contribution >= 0.6 is 35.0 Å². The van der Waals surface area contributed by atoms with Crippen LogP contribution in [0.4, 0.5) is 0 Å². The molecule has 7 nitrogen and oxygen atoms in total. The number of amides is 1. The van der Waals surface area contributed by atoms with Gasteiger partial charge in [-0.25, -0.2) is 12.7 Å². The molecule has 26 heavy (non-hydrogen) atoms. The summed E-state index contributed by atoms with van der Waals surface area (Å²) in [5.41, 5.74) is 0.653. The Balaban J connectivity index is 1.54. The molecule has 0 spiro atoms. The van der Waals surface area contributed by atoms with Gasteiger partial charge in [-0.3, -0.25) is 9.20 Å². The second-order valence-corrected chi connectivity index (χ2v) is 9.15. The van der Waals surface area contributed by atoms with E-state index in [1.54, 1.807) is 28.8 Å². The predicted molar refractivity (Wildman–Crippen MR) is 98.4 cm³/mol.